The number of ether oxygens (including phenoxy) is 1. The molecule has 1 aromatic rings. The standard InChI is InChI=1S/C10H10F3NO3/c1-17-5-9(16)14-7-4-6(10(11,12)13)2-3-8(7)15/h2-4,15H,5H2,1H3,(H,14,16). The van der Waals surface area contributed by atoms with E-state index >= 15 is 0 Å². The van der Waals surface area contributed by atoms with Crippen LogP contribution >= 0.6 is 0 Å². The van der Waals surface area contributed by atoms with Crippen molar-refractivity contribution in [2.45, 2.75) is 6.18 Å². The molecular weight excluding hydrogens is 239 g/mol. The Balaban J connectivity index is 2.95. The van der Waals surface area contributed by atoms with Crippen molar-refractivity contribution in [3.63, 3.8) is 0 Å². The summed E-state index contributed by atoms with van der Waals surface area (Å²) < 4.78 is 41.6. The molecule has 7 heteroatoms. The summed E-state index contributed by atoms with van der Waals surface area (Å²) in [6, 6.07) is 2.25. The lowest BCUT2D eigenvalue weighted by Gasteiger charge is -2.11. The number of phenols is 1. The van der Waals surface area contributed by atoms with Gasteiger partial charge in [0, 0.05) is 7.11 Å². The molecule has 1 rings (SSSR count). The van der Waals surface area contributed by atoms with Crippen molar-refractivity contribution in [3.05, 3.63) is 23.8 Å². The van der Waals surface area contributed by atoms with Crippen LogP contribution < -0.4 is 5.32 Å². The second-order valence-electron chi connectivity index (χ2n) is 3.21. The molecule has 17 heavy (non-hydrogen) atoms. The summed E-state index contributed by atoms with van der Waals surface area (Å²) >= 11 is 0. The number of hydrogen-bond acceptors (Lipinski definition) is 3. The Hall–Kier alpha value is -1.76. The van der Waals surface area contributed by atoms with Crippen LogP contribution in [0, 0.1) is 0 Å². The number of carbonyl (C=O) groups excluding carboxylic acids is 1. The molecule has 0 fully saturated rings. The van der Waals surface area contributed by atoms with Crippen LogP contribution in [0.2, 0.25) is 0 Å². The monoisotopic (exact) mass is 249 g/mol. The van der Waals surface area contributed by atoms with Crippen molar-refractivity contribution >= 4 is 11.6 Å². The number of benzene rings is 1. The minimum absolute atomic E-state index is 0.304. The van der Waals surface area contributed by atoms with Crippen LogP contribution in [0.25, 0.3) is 0 Å². The molecule has 0 aromatic heterocycles. The summed E-state index contributed by atoms with van der Waals surface area (Å²) in [5.74, 6) is -1.09. The SMILES string of the molecule is COCC(=O)Nc1cc(C(F)(F)F)ccc1O. The van der Waals surface area contributed by atoms with Crippen molar-refractivity contribution in [2.24, 2.45) is 0 Å². The maximum atomic E-state index is 12.4. The van der Waals surface area contributed by atoms with Gasteiger partial charge in [0.05, 0.1) is 11.3 Å². The lowest BCUT2D eigenvalue weighted by atomic mass is 10.2. The Labute approximate surface area is 95.0 Å². The Morgan fingerprint density at radius 1 is 1.47 bits per heavy atom. The summed E-state index contributed by atoms with van der Waals surface area (Å²) in [4.78, 5) is 11.1. The van der Waals surface area contributed by atoms with Gasteiger partial charge in [-0.05, 0) is 18.2 Å². The van der Waals surface area contributed by atoms with Gasteiger partial charge in [0.1, 0.15) is 12.4 Å². The lowest BCUT2D eigenvalue weighted by molar-refractivity contribution is -0.137. The number of hydrogen-bond donors (Lipinski definition) is 2. The van der Waals surface area contributed by atoms with E-state index in [1.54, 1.807) is 0 Å². The summed E-state index contributed by atoms with van der Waals surface area (Å²) in [5.41, 5.74) is -1.26. The Kier molecular flexibility index (Phi) is 3.95. The van der Waals surface area contributed by atoms with Crippen molar-refractivity contribution < 1.29 is 27.8 Å². The number of methoxy groups -OCH3 is 1. The highest BCUT2D eigenvalue weighted by molar-refractivity contribution is 5.93. The predicted octanol–water partition coefficient (Wildman–Crippen LogP) is 2.00. The number of alkyl halides is 3. The zero-order valence-corrected chi connectivity index (χ0v) is 8.84. The number of anilines is 1. The molecule has 0 heterocycles. The number of aromatic hydroxyl groups is 1. The fraction of sp³-hybridized carbons (Fsp3) is 0.300. The van der Waals surface area contributed by atoms with E-state index in [9.17, 15) is 23.1 Å². The van der Waals surface area contributed by atoms with Crippen LogP contribution in [-0.4, -0.2) is 24.7 Å². The molecule has 0 aliphatic carbocycles. The topological polar surface area (TPSA) is 58.6 Å². The average Bonchev–Trinajstić information content (AvgIpc) is 2.20. The van der Waals surface area contributed by atoms with E-state index in [4.69, 9.17) is 0 Å². The molecule has 1 aromatic carbocycles. The van der Waals surface area contributed by atoms with Crippen molar-refractivity contribution in [3.8, 4) is 5.75 Å². The molecular formula is C10H10F3NO3. The highest BCUT2D eigenvalue weighted by Gasteiger charge is 2.31. The third-order valence-electron chi connectivity index (χ3n) is 1.87. The van der Waals surface area contributed by atoms with Gasteiger partial charge in [-0.3, -0.25) is 4.79 Å². The van der Waals surface area contributed by atoms with Gasteiger partial charge in [-0.1, -0.05) is 0 Å². The van der Waals surface area contributed by atoms with E-state index < -0.39 is 23.4 Å². The van der Waals surface area contributed by atoms with Gasteiger partial charge in [-0.15, -0.1) is 0 Å². The Morgan fingerprint density at radius 2 is 2.12 bits per heavy atom. The lowest BCUT2D eigenvalue weighted by Crippen LogP contribution is -2.17. The minimum Gasteiger partial charge on any atom is -0.506 e. The minimum atomic E-state index is -4.53. The third-order valence-corrected chi connectivity index (χ3v) is 1.87. The van der Waals surface area contributed by atoms with E-state index in [0.29, 0.717) is 6.07 Å². The first-order valence-corrected chi connectivity index (χ1v) is 4.53. The van der Waals surface area contributed by atoms with Crippen LogP contribution in [0.3, 0.4) is 0 Å². The number of nitrogens with one attached hydrogen (secondary N) is 1. The first-order valence-electron chi connectivity index (χ1n) is 4.53. The van der Waals surface area contributed by atoms with E-state index in [1.807, 2.05) is 0 Å². The van der Waals surface area contributed by atoms with Crippen molar-refractivity contribution in [1.82, 2.24) is 0 Å². The highest BCUT2D eigenvalue weighted by Crippen LogP contribution is 2.34. The number of carbonyl (C=O) groups is 1. The number of rotatable bonds is 3. The molecule has 4 nitrogen and oxygen atoms in total. The quantitative estimate of drug-likeness (QED) is 0.805. The normalized spacial score (nSPS) is 11.3. The number of amides is 1. The van der Waals surface area contributed by atoms with Gasteiger partial charge < -0.3 is 15.2 Å². The van der Waals surface area contributed by atoms with Gasteiger partial charge in [-0.2, -0.15) is 13.2 Å². The van der Waals surface area contributed by atoms with Gasteiger partial charge in [0.15, 0.2) is 0 Å². The molecule has 2 N–H and O–H groups in total. The van der Waals surface area contributed by atoms with E-state index in [0.717, 1.165) is 12.1 Å². The third kappa shape index (κ3) is 3.63. The van der Waals surface area contributed by atoms with Crippen molar-refractivity contribution in [1.29, 1.82) is 0 Å². The number of phenolic OH excluding ortho intramolecular Hbond substituents is 1. The zero-order chi connectivity index (χ0) is 13.1. The molecule has 0 unspecified atom stereocenters. The molecule has 0 atom stereocenters. The zero-order valence-electron chi connectivity index (χ0n) is 8.84. The van der Waals surface area contributed by atoms with Crippen LogP contribution in [-0.2, 0) is 15.7 Å². The van der Waals surface area contributed by atoms with E-state index in [2.05, 4.69) is 10.1 Å². The molecule has 1 amide bonds. The molecule has 0 aliphatic heterocycles. The Bertz CT molecular complexity index is 418. The second-order valence-corrected chi connectivity index (χ2v) is 3.21. The summed E-state index contributed by atoms with van der Waals surface area (Å²) in [7, 11) is 1.27. The largest absolute Gasteiger partial charge is 0.506 e. The first kappa shape index (κ1) is 13.3. The van der Waals surface area contributed by atoms with Gasteiger partial charge in [0.2, 0.25) is 5.91 Å². The van der Waals surface area contributed by atoms with E-state index in [1.165, 1.54) is 7.11 Å². The molecule has 0 radical (unpaired) electrons. The number of halogens is 3. The van der Waals surface area contributed by atoms with Gasteiger partial charge in [-0.25, -0.2) is 0 Å². The summed E-state index contributed by atoms with van der Waals surface area (Å²) in [5, 5.41) is 11.4. The van der Waals surface area contributed by atoms with Crippen LogP contribution in [0.5, 0.6) is 5.75 Å². The van der Waals surface area contributed by atoms with Gasteiger partial charge >= 0.3 is 6.18 Å². The first-order chi connectivity index (χ1) is 7.84. The highest BCUT2D eigenvalue weighted by atomic mass is 19.4. The Morgan fingerprint density at radius 3 is 2.65 bits per heavy atom. The van der Waals surface area contributed by atoms with Crippen molar-refractivity contribution in [2.75, 3.05) is 19.0 Å². The molecule has 0 saturated carbocycles. The molecule has 0 aliphatic rings. The average molecular weight is 249 g/mol. The fourth-order valence-corrected chi connectivity index (χ4v) is 1.13. The van der Waals surface area contributed by atoms with Gasteiger partial charge in [0.25, 0.3) is 0 Å². The van der Waals surface area contributed by atoms with Crippen LogP contribution in [0.15, 0.2) is 18.2 Å². The summed E-state index contributed by atoms with van der Waals surface area (Å²) in [6.07, 6.45) is -4.53. The maximum absolute atomic E-state index is 12.4. The van der Waals surface area contributed by atoms with Crippen LogP contribution in [0.1, 0.15) is 5.56 Å². The van der Waals surface area contributed by atoms with Crippen LogP contribution in [0.4, 0.5) is 18.9 Å². The fourth-order valence-electron chi connectivity index (χ4n) is 1.13. The predicted molar refractivity (Wildman–Crippen MR) is 53.6 cm³/mol. The molecule has 0 bridgehead atoms. The smallest absolute Gasteiger partial charge is 0.416 e. The molecule has 94 valence electrons. The molecule has 0 saturated heterocycles. The maximum Gasteiger partial charge on any atom is 0.416 e. The van der Waals surface area contributed by atoms with E-state index in [-0.39, 0.29) is 12.3 Å². The summed E-state index contributed by atoms with van der Waals surface area (Å²) in [6.45, 7) is -0.310. The second kappa shape index (κ2) is 5.05. The molecule has 0 spiro atoms.